The molecule has 5 rings (SSSR count). The smallest absolute Gasteiger partial charge is 0.318 e. The van der Waals surface area contributed by atoms with Crippen molar-refractivity contribution in [3.8, 4) is 11.5 Å². The van der Waals surface area contributed by atoms with Gasteiger partial charge in [0.15, 0.2) is 17.8 Å². The molecule has 2 atom stereocenters. The van der Waals surface area contributed by atoms with Crippen LogP contribution in [0.25, 0.3) is 0 Å². The molecule has 5 N–H and O–H groups in total. The highest BCUT2D eigenvalue weighted by Crippen LogP contribution is 2.41. The summed E-state index contributed by atoms with van der Waals surface area (Å²) in [5, 5.41) is 23.2. The average molecular weight is 850 g/mol. The number of phenols is 1. The van der Waals surface area contributed by atoms with Crippen molar-refractivity contribution in [2.24, 2.45) is 5.73 Å². The van der Waals surface area contributed by atoms with E-state index in [0.29, 0.717) is 44.8 Å². The van der Waals surface area contributed by atoms with Gasteiger partial charge in [0.2, 0.25) is 8.38 Å². The second-order valence-electron chi connectivity index (χ2n) is 13.8. The Morgan fingerprint density at radius 2 is 1.31 bits per heavy atom. The zero-order valence-electron chi connectivity index (χ0n) is 36.2. The second kappa shape index (κ2) is 29.7. The Hall–Kier alpha value is -5.48. The fourth-order valence-corrected chi connectivity index (χ4v) is 6.89. The standard InChI is InChI=1S/C23H30N2O4.C20H25O3P.C7H9N/c1-4-5-13-24-23(28)25(16-19-11-12-21(27)22(15-19)29-3)20(17(2)26)14-18-9-7-6-8-10-18;1-3-20(4-2)21-17-24(22-15-18-11-7-5-8-12-18)23-16-19-13-9-6-10-14-19;8-6-7-4-2-1-3-5-7/h4-12,15,17,20,26-27H,13-14,16H2,1-3H3,(H,24,28);3,5-14H,4,15-17H2,1-2H3;1-5H,6,8H2/b5-4+;20-3+;. The SMILES string of the molecule is C/C=C(\CC)OCP(OCc1ccccc1)OCc1ccccc1.C/C=C/CNC(=O)N(Cc1ccc(O)c(OC)c1)C(Cc1ccccc1)C(C)O.NCc1ccccc1. The molecule has 2 unspecified atom stereocenters. The number of methoxy groups -OCH3 is 1. The maximum absolute atomic E-state index is 13.0. The van der Waals surface area contributed by atoms with Gasteiger partial charge in [-0.25, -0.2) is 4.79 Å². The van der Waals surface area contributed by atoms with Crippen LogP contribution in [0.4, 0.5) is 4.79 Å². The Morgan fingerprint density at radius 3 is 1.75 bits per heavy atom. The highest BCUT2D eigenvalue weighted by atomic mass is 31.2. The monoisotopic (exact) mass is 849 g/mol. The van der Waals surface area contributed by atoms with Gasteiger partial charge in [-0.15, -0.1) is 0 Å². The van der Waals surface area contributed by atoms with Gasteiger partial charge in [-0.1, -0.05) is 146 Å². The number of aliphatic hydroxyl groups excluding tert-OH is 1. The van der Waals surface area contributed by atoms with Gasteiger partial charge in [0.1, 0.15) is 0 Å². The summed E-state index contributed by atoms with van der Waals surface area (Å²) in [6.07, 6.45) is 6.81. The Morgan fingerprint density at radius 1 is 0.787 bits per heavy atom. The molecule has 11 heteroatoms. The Balaban J connectivity index is 0.000000278. The molecule has 0 radical (unpaired) electrons. The van der Waals surface area contributed by atoms with Crippen molar-refractivity contribution in [3.05, 3.63) is 191 Å². The number of hydrogen-bond donors (Lipinski definition) is 4. The van der Waals surface area contributed by atoms with E-state index < -0.39 is 20.5 Å². The summed E-state index contributed by atoms with van der Waals surface area (Å²) < 4.78 is 23.0. The Labute approximate surface area is 364 Å². The minimum atomic E-state index is -1.12. The molecule has 0 saturated heterocycles. The number of urea groups is 1. The summed E-state index contributed by atoms with van der Waals surface area (Å²) in [6.45, 7) is 10.0. The van der Waals surface area contributed by atoms with Crippen molar-refractivity contribution in [1.82, 2.24) is 10.2 Å². The summed E-state index contributed by atoms with van der Waals surface area (Å²) >= 11 is 0. The van der Waals surface area contributed by atoms with Crippen LogP contribution in [0.3, 0.4) is 0 Å². The zero-order valence-corrected chi connectivity index (χ0v) is 37.1. The van der Waals surface area contributed by atoms with Gasteiger partial charge in [-0.05, 0) is 73.2 Å². The van der Waals surface area contributed by atoms with Crippen LogP contribution < -0.4 is 15.8 Å². The van der Waals surface area contributed by atoms with Crippen LogP contribution in [0.1, 0.15) is 61.9 Å². The molecule has 61 heavy (non-hydrogen) atoms. The number of allylic oxidation sites excluding steroid dienone is 3. The fourth-order valence-electron chi connectivity index (χ4n) is 5.81. The number of aliphatic hydroxyl groups is 1. The molecular weight excluding hydrogens is 786 g/mol. The molecule has 0 aliphatic carbocycles. The van der Waals surface area contributed by atoms with E-state index in [1.807, 2.05) is 129 Å². The summed E-state index contributed by atoms with van der Waals surface area (Å²) in [7, 11) is 0.366. The number of carbonyl (C=O) groups excluding carboxylic acids is 1. The molecule has 2 amide bonds. The van der Waals surface area contributed by atoms with Crippen molar-refractivity contribution in [1.29, 1.82) is 0 Å². The van der Waals surface area contributed by atoms with Crippen LogP contribution in [0.5, 0.6) is 11.5 Å². The Bertz CT molecular complexity index is 1920. The predicted molar refractivity (Wildman–Crippen MR) is 248 cm³/mol. The van der Waals surface area contributed by atoms with E-state index >= 15 is 0 Å². The quantitative estimate of drug-likeness (QED) is 0.0345. The van der Waals surface area contributed by atoms with Gasteiger partial charge >= 0.3 is 6.03 Å². The van der Waals surface area contributed by atoms with Crippen LogP contribution in [0.2, 0.25) is 0 Å². The summed E-state index contributed by atoms with van der Waals surface area (Å²) in [5.74, 6) is 1.35. The number of rotatable bonds is 20. The summed E-state index contributed by atoms with van der Waals surface area (Å²) in [5.41, 5.74) is 10.6. The minimum Gasteiger partial charge on any atom is -0.504 e. The lowest BCUT2D eigenvalue weighted by Crippen LogP contribution is -2.51. The molecule has 0 bridgehead atoms. The first kappa shape index (κ1) is 49.9. The lowest BCUT2D eigenvalue weighted by atomic mass is 10.00. The van der Waals surface area contributed by atoms with Crippen molar-refractivity contribution < 1.29 is 33.5 Å². The maximum atomic E-state index is 13.0. The largest absolute Gasteiger partial charge is 0.504 e. The number of nitrogens with two attached hydrogens (primary N) is 1. The van der Waals surface area contributed by atoms with Crippen LogP contribution >= 0.6 is 8.38 Å². The Kier molecular flexibility index (Phi) is 24.3. The molecule has 0 aliphatic rings. The van der Waals surface area contributed by atoms with E-state index in [1.165, 1.54) is 12.7 Å². The van der Waals surface area contributed by atoms with E-state index in [9.17, 15) is 15.0 Å². The van der Waals surface area contributed by atoms with Gasteiger partial charge < -0.3 is 44.7 Å². The van der Waals surface area contributed by atoms with Crippen LogP contribution in [-0.4, -0.2) is 53.3 Å². The normalized spacial score (nSPS) is 12.0. The van der Waals surface area contributed by atoms with Crippen LogP contribution in [0, 0.1) is 0 Å². The number of phenolic OH excluding ortho intramolecular Hbond substituents is 1. The topological polar surface area (TPSA) is 136 Å². The molecule has 5 aromatic carbocycles. The van der Waals surface area contributed by atoms with E-state index in [4.69, 9.17) is 24.3 Å². The van der Waals surface area contributed by atoms with E-state index in [0.717, 1.165) is 34.4 Å². The summed E-state index contributed by atoms with van der Waals surface area (Å²) in [4.78, 5) is 14.6. The summed E-state index contributed by atoms with van der Waals surface area (Å²) in [6, 6.07) is 44.3. The van der Waals surface area contributed by atoms with Crippen molar-refractivity contribution in [2.45, 2.75) is 79.0 Å². The number of amides is 2. The van der Waals surface area contributed by atoms with E-state index in [-0.39, 0.29) is 18.3 Å². The highest BCUT2D eigenvalue weighted by Gasteiger charge is 2.28. The first-order valence-corrected chi connectivity index (χ1v) is 21.9. The molecule has 0 aromatic heterocycles. The lowest BCUT2D eigenvalue weighted by Gasteiger charge is -2.34. The van der Waals surface area contributed by atoms with Gasteiger partial charge in [-0.2, -0.15) is 0 Å². The lowest BCUT2D eigenvalue weighted by molar-refractivity contribution is 0.0738. The maximum Gasteiger partial charge on any atom is 0.318 e. The van der Waals surface area contributed by atoms with Crippen molar-refractivity contribution in [2.75, 3.05) is 20.0 Å². The first-order chi connectivity index (χ1) is 29.7. The molecule has 0 aliphatic heterocycles. The number of nitrogens with zero attached hydrogens (tertiary/aromatic N) is 1. The van der Waals surface area contributed by atoms with Gasteiger partial charge in [0.05, 0.1) is 38.2 Å². The highest BCUT2D eigenvalue weighted by molar-refractivity contribution is 7.46. The van der Waals surface area contributed by atoms with Crippen LogP contribution in [0.15, 0.2) is 164 Å². The second-order valence-corrected chi connectivity index (χ2v) is 15.2. The van der Waals surface area contributed by atoms with Gasteiger partial charge in [-0.3, -0.25) is 0 Å². The van der Waals surface area contributed by atoms with E-state index in [1.54, 1.807) is 30.0 Å². The number of benzene rings is 5. The number of carbonyl (C=O) groups is 1. The number of hydrogen-bond acceptors (Lipinski definition) is 8. The molecule has 0 spiro atoms. The molecule has 0 fully saturated rings. The zero-order chi connectivity index (χ0) is 44.1. The molecule has 5 aromatic rings. The number of ether oxygens (including phenoxy) is 2. The number of aromatic hydroxyl groups is 1. The van der Waals surface area contributed by atoms with Crippen molar-refractivity contribution in [3.63, 3.8) is 0 Å². The van der Waals surface area contributed by atoms with Gasteiger partial charge in [0.25, 0.3) is 0 Å². The number of nitrogens with one attached hydrogen (secondary N) is 1. The molecule has 10 nitrogen and oxygen atoms in total. The molecule has 0 heterocycles. The van der Waals surface area contributed by atoms with E-state index in [2.05, 4.69) is 36.5 Å². The third-order valence-electron chi connectivity index (χ3n) is 9.25. The molecular formula is C50H64N3O7P. The van der Waals surface area contributed by atoms with Crippen LogP contribution in [-0.2, 0) is 46.5 Å². The minimum absolute atomic E-state index is 0.0386. The first-order valence-electron chi connectivity index (χ1n) is 20.6. The molecule has 0 saturated carbocycles. The van der Waals surface area contributed by atoms with Gasteiger partial charge in [0, 0.05) is 26.1 Å². The third-order valence-corrected chi connectivity index (χ3v) is 10.4. The average Bonchev–Trinajstić information content (AvgIpc) is 3.30. The fraction of sp³-hybridized carbons (Fsp3) is 0.300. The predicted octanol–water partition coefficient (Wildman–Crippen LogP) is 10.6. The van der Waals surface area contributed by atoms with Crippen molar-refractivity contribution >= 4 is 14.4 Å². The molecule has 326 valence electrons. The third kappa shape index (κ3) is 19.6.